The second-order valence-corrected chi connectivity index (χ2v) is 9.08. The second-order valence-electron chi connectivity index (χ2n) is 9.08. The maximum Gasteiger partial charge on any atom is 0.416 e. The Morgan fingerprint density at radius 1 is 1.06 bits per heavy atom. The fraction of sp³-hybridized carbons (Fsp3) is 0.481. The van der Waals surface area contributed by atoms with Gasteiger partial charge in [-0.05, 0) is 60.2 Å². The van der Waals surface area contributed by atoms with Gasteiger partial charge < -0.3 is 19.6 Å². The van der Waals surface area contributed by atoms with Gasteiger partial charge in [0.1, 0.15) is 5.75 Å². The number of carboxylic acids is 1. The molecule has 9 heteroatoms. The lowest BCUT2D eigenvalue weighted by molar-refractivity contribution is -0.138. The van der Waals surface area contributed by atoms with Crippen molar-refractivity contribution < 1.29 is 32.6 Å². The SMILES string of the molecule is CCCCCN(Cc1cc(C(F)(F)F)ccc1-c1cc(CC(=O)O)ccc1OC)C(=O)N1CCCC1. The number of carbonyl (C=O) groups is 2. The van der Waals surface area contributed by atoms with Crippen LogP contribution >= 0.6 is 0 Å². The van der Waals surface area contributed by atoms with E-state index in [4.69, 9.17) is 4.74 Å². The van der Waals surface area contributed by atoms with Crippen molar-refractivity contribution >= 4 is 12.0 Å². The molecule has 3 rings (SSSR count). The van der Waals surface area contributed by atoms with Crippen molar-refractivity contribution in [2.24, 2.45) is 0 Å². The molecule has 1 fully saturated rings. The number of nitrogens with zero attached hydrogens (tertiary/aromatic N) is 2. The van der Waals surface area contributed by atoms with Crippen LogP contribution in [0.25, 0.3) is 11.1 Å². The molecule has 1 aliphatic rings. The third-order valence-electron chi connectivity index (χ3n) is 6.38. The van der Waals surface area contributed by atoms with Crippen LogP contribution in [-0.4, -0.2) is 53.7 Å². The maximum absolute atomic E-state index is 13.7. The maximum atomic E-state index is 13.7. The Labute approximate surface area is 209 Å². The van der Waals surface area contributed by atoms with Crippen LogP contribution in [-0.2, 0) is 23.9 Å². The first-order valence-corrected chi connectivity index (χ1v) is 12.3. The smallest absolute Gasteiger partial charge is 0.416 e. The predicted octanol–water partition coefficient (Wildman–Crippen LogP) is 6.22. The number of unbranched alkanes of at least 4 members (excludes halogenated alkanes) is 2. The van der Waals surface area contributed by atoms with Gasteiger partial charge in [-0.3, -0.25) is 4.79 Å². The molecule has 1 N–H and O–H groups in total. The van der Waals surface area contributed by atoms with E-state index in [1.807, 2.05) is 6.92 Å². The summed E-state index contributed by atoms with van der Waals surface area (Å²) in [7, 11) is 1.45. The molecule has 1 saturated heterocycles. The van der Waals surface area contributed by atoms with Gasteiger partial charge in [0, 0.05) is 31.7 Å². The summed E-state index contributed by atoms with van der Waals surface area (Å²) >= 11 is 0. The van der Waals surface area contributed by atoms with Crippen LogP contribution < -0.4 is 4.74 Å². The van der Waals surface area contributed by atoms with Crippen LogP contribution in [0.3, 0.4) is 0 Å². The van der Waals surface area contributed by atoms with Gasteiger partial charge in [-0.1, -0.05) is 31.9 Å². The van der Waals surface area contributed by atoms with Gasteiger partial charge in [0.25, 0.3) is 0 Å². The minimum Gasteiger partial charge on any atom is -0.496 e. The number of amides is 2. The van der Waals surface area contributed by atoms with E-state index in [9.17, 15) is 27.9 Å². The van der Waals surface area contributed by atoms with Crippen molar-refractivity contribution in [1.82, 2.24) is 9.80 Å². The Morgan fingerprint density at radius 2 is 1.78 bits per heavy atom. The summed E-state index contributed by atoms with van der Waals surface area (Å²) in [5.74, 6) is -0.606. The third-order valence-corrected chi connectivity index (χ3v) is 6.38. The highest BCUT2D eigenvalue weighted by Crippen LogP contribution is 2.38. The number of hydrogen-bond acceptors (Lipinski definition) is 3. The number of benzene rings is 2. The number of urea groups is 1. The Hall–Kier alpha value is -3.23. The molecule has 36 heavy (non-hydrogen) atoms. The van der Waals surface area contributed by atoms with Crippen molar-refractivity contribution in [3.8, 4) is 16.9 Å². The van der Waals surface area contributed by atoms with Crippen LogP contribution in [0.2, 0.25) is 0 Å². The summed E-state index contributed by atoms with van der Waals surface area (Å²) < 4.78 is 46.5. The van der Waals surface area contributed by atoms with E-state index in [-0.39, 0.29) is 19.0 Å². The highest BCUT2D eigenvalue weighted by molar-refractivity contribution is 5.78. The molecule has 0 atom stereocenters. The average Bonchev–Trinajstić information content (AvgIpc) is 3.37. The van der Waals surface area contributed by atoms with E-state index >= 15 is 0 Å². The lowest BCUT2D eigenvalue weighted by atomic mass is 9.94. The number of halogens is 3. The lowest BCUT2D eigenvalue weighted by Gasteiger charge is -2.29. The zero-order valence-electron chi connectivity index (χ0n) is 20.7. The quantitative estimate of drug-likeness (QED) is 0.389. The normalized spacial score (nSPS) is 13.6. The van der Waals surface area contributed by atoms with Crippen LogP contribution in [0.5, 0.6) is 5.75 Å². The second kappa shape index (κ2) is 12.1. The first-order chi connectivity index (χ1) is 17.1. The van der Waals surface area contributed by atoms with Crippen molar-refractivity contribution in [3.05, 3.63) is 53.1 Å². The summed E-state index contributed by atoms with van der Waals surface area (Å²) in [5, 5.41) is 9.22. The first kappa shape index (κ1) is 27.4. The molecule has 0 saturated carbocycles. The molecule has 0 aliphatic carbocycles. The topological polar surface area (TPSA) is 70.1 Å². The summed E-state index contributed by atoms with van der Waals surface area (Å²) in [6.45, 7) is 3.78. The van der Waals surface area contributed by atoms with Gasteiger partial charge in [0.2, 0.25) is 0 Å². The Morgan fingerprint density at radius 3 is 2.39 bits per heavy atom. The van der Waals surface area contributed by atoms with Gasteiger partial charge in [-0.15, -0.1) is 0 Å². The number of aliphatic carboxylic acids is 1. The predicted molar refractivity (Wildman–Crippen MR) is 131 cm³/mol. The Balaban J connectivity index is 2.08. The molecule has 0 radical (unpaired) electrons. The van der Waals surface area contributed by atoms with Gasteiger partial charge in [0.15, 0.2) is 0 Å². The van der Waals surface area contributed by atoms with Crippen molar-refractivity contribution in [1.29, 1.82) is 0 Å². The van der Waals surface area contributed by atoms with Crippen LogP contribution in [0.4, 0.5) is 18.0 Å². The number of alkyl halides is 3. The van der Waals surface area contributed by atoms with Gasteiger partial charge in [0.05, 0.1) is 19.1 Å². The first-order valence-electron chi connectivity index (χ1n) is 12.3. The third kappa shape index (κ3) is 6.92. The number of methoxy groups -OCH3 is 1. The monoisotopic (exact) mass is 506 g/mol. The summed E-state index contributed by atoms with van der Waals surface area (Å²) in [6.07, 6.45) is -0.341. The zero-order chi connectivity index (χ0) is 26.3. The molecular weight excluding hydrogens is 473 g/mol. The van der Waals surface area contributed by atoms with Crippen molar-refractivity contribution in [2.75, 3.05) is 26.7 Å². The number of hydrogen-bond donors (Lipinski definition) is 1. The lowest BCUT2D eigenvalue weighted by Crippen LogP contribution is -2.42. The number of likely N-dealkylation sites (tertiary alicyclic amines) is 1. The summed E-state index contributed by atoms with van der Waals surface area (Å²) in [6, 6.07) is 8.17. The standard InChI is InChI=1S/C27H33F3N2O4/c1-3-4-5-14-32(26(35)31-12-6-7-13-31)18-20-17-21(27(28,29)30)9-10-22(20)23-15-19(16-25(33)34)8-11-24(23)36-2/h8-11,15,17H,3-7,12-14,16,18H2,1-2H3,(H,33,34). The number of carboxylic acid groups (broad SMARTS) is 1. The molecule has 196 valence electrons. The van der Waals surface area contributed by atoms with Crippen molar-refractivity contribution in [3.63, 3.8) is 0 Å². The molecule has 0 bridgehead atoms. The minimum atomic E-state index is -4.55. The molecule has 2 aromatic rings. The van der Waals surface area contributed by atoms with E-state index in [2.05, 4.69) is 0 Å². The number of carbonyl (C=O) groups excluding carboxylic acids is 1. The Kier molecular flexibility index (Phi) is 9.23. The number of ether oxygens (including phenoxy) is 1. The van der Waals surface area contributed by atoms with Crippen molar-refractivity contribution in [2.45, 2.75) is 58.2 Å². The summed E-state index contributed by atoms with van der Waals surface area (Å²) in [5.41, 5.74) is 0.990. The average molecular weight is 507 g/mol. The van der Waals surface area contributed by atoms with E-state index in [0.717, 1.165) is 44.2 Å². The van der Waals surface area contributed by atoms with Crippen LogP contribution in [0.1, 0.15) is 55.7 Å². The molecule has 0 aromatic heterocycles. The van der Waals surface area contributed by atoms with E-state index in [1.54, 1.807) is 28.0 Å². The Bertz CT molecular complexity index is 1070. The number of rotatable bonds is 10. The van der Waals surface area contributed by atoms with E-state index < -0.39 is 17.7 Å². The van der Waals surface area contributed by atoms with Gasteiger partial charge in [-0.2, -0.15) is 13.2 Å². The van der Waals surface area contributed by atoms with E-state index in [0.29, 0.717) is 47.6 Å². The molecule has 1 heterocycles. The van der Waals surface area contributed by atoms with Gasteiger partial charge >= 0.3 is 18.2 Å². The largest absolute Gasteiger partial charge is 0.496 e. The molecule has 2 aromatic carbocycles. The summed E-state index contributed by atoms with van der Waals surface area (Å²) in [4.78, 5) is 28.0. The fourth-order valence-electron chi connectivity index (χ4n) is 4.52. The molecule has 1 aliphatic heterocycles. The molecular formula is C27H33F3N2O4. The highest BCUT2D eigenvalue weighted by atomic mass is 19.4. The highest BCUT2D eigenvalue weighted by Gasteiger charge is 2.32. The minimum absolute atomic E-state index is 0.00458. The van der Waals surface area contributed by atoms with Crippen LogP contribution in [0, 0.1) is 0 Å². The van der Waals surface area contributed by atoms with E-state index in [1.165, 1.54) is 13.2 Å². The molecule has 6 nitrogen and oxygen atoms in total. The van der Waals surface area contributed by atoms with Gasteiger partial charge in [-0.25, -0.2) is 4.79 Å². The molecule has 0 unspecified atom stereocenters. The molecule has 0 spiro atoms. The molecule has 2 amide bonds. The zero-order valence-corrected chi connectivity index (χ0v) is 20.7. The van der Waals surface area contributed by atoms with Crippen LogP contribution in [0.15, 0.2) is 36.4 Å². The fourth-order valence-corrected chi connectivity index (χ4v) is 4.52.